The van der Waals surface area contributed by atoms with E-state index >= 15 is 0 Å². The van der Waals surface area contributed by atoms with E-state index in [0.29, 0.717) is 30.3 Å². The number of aromatic nitrogens is 1. The van der Waals surface area contributed by atoms with Gasteiger partial charge in [-0.25, -0.2) is 9.78 Å². The quantitative estimate of drug-likeness (QED) is 0.626. The lowest BCUT2D eigenvalue weighted by atomic mass is 10.2. The molecule has 8 heteroatoms. The third kappa shape index (κ3) is 7.66. The fourth-order valence-corrected chi connectivity index (χ4v) is 3.38. The predicted molar refractivity (Wildman–Crippen MR) is 131 cm³/mol. The van der Waals surface area contributed by atoms with Gasteiger partial charge in [-0.1, -0.05) is 13.8 Å². The van der Waals surface area contributed by atoms with Crippen molar-refractivity contribution in [3.63, 3.8) is 0 Å². The molecule has 0 bridgehead atoms. The van der Waals surface area contributed by atoms with Gasteiger partial charge in [0.15, 0.2) is 0 Å². The molecule has 180 valence electrons. The molecule has 1 aliphatic heterocycles. The second-order valence-electron chi connectivity index (χ2n) is 9.67. The molecule has 8 nitrogen and oxygen atoms in total. The molecule has 1 aromatic heterocycles. The van der Waals surface area contributed by atoms with E-state index in [2.05, 4.69) is 34.4 Å². The van der Waals surface area contributed by atoms with E-state index in [1.54, 1.807) is 30.5 Å². The molecule has 1 atom stereocenters. The third-order valence-corrected chi connectivity index (χ3v) is 4.94. The summed E-state index contributed by atoms with van der Waals surface area (Å²) in [5, 5.41) is 5.78. The van der Waals surface area contributed by atoms with Crippen molar-refractivity contribution in [1.82, 2.24) is 10.3 Å². The highest BCUT2D eigenvalue weighted by Gasteiger charge is 2.26. The maximum absolute atomic E-state index is 12.5. The number of rotatable bonds is 7. The number of nitrogens with zero attached hydrogens (tertiary/aromatic N) is 2. The van der Waals surface area contributed by atoms with Crippen molar-refractivity contribution >= 4 is 23.5 Å². The first-order chi connectivity index (χ1) is 15.6. The van der Waals surface area contributed by atoms with Gasteiger partial charge < -0.3 is 25.0 Å². The van der Waals surface area contributed by atoms with E-state index in [-0.39, 0.29) is 13.4 Å². The minimum Gasteiger partial charge on any atom is -0.493 e. The van der Waals surface area contributed by atoms with Gasteiger partial charge in [-0.15, -0.1) is 0 Å². The second kappa shape index (κ2) is 10.6. The zero-order valence-electron chi connectivity index (χ0n) is 20.1. The van der Waals surface area contributed by atoms with Crippen LogP contribution < -0.4 is 20.3 Å². The molecule has 3 rings (SSSR count). The van der Waals surface area contributed by atoms with Gasteiger partial charge in [0.05, 0.1) is 24.5 Å². The molecular weight excluding hydrogens is 420 g/mol. The van der Waals surface area contributed by atoms with Crippen molar-refractivity contribution in [3.05, 3.63) is 48.2 Å². The van der Waals surface area contributed by atoms with Gasteiger partial charge >= 0.3 is 6.09 Å². The maximum Gasteiger partial charge on any atom is 0.407 e. The number of pyridine rings is 1. The molecule has 2 heterocycles. The highest BCUT2D eigenvalue weighted by atomic mass is 16.6. The summed E-state index contributed by atoms with van der Waals surface area (Å²) in [4.78, 5) is 31.1. The van der Waals surface area contributed by atoms with Gasteiger partial charge in [-0.3, -0.25) is 4.79 Å². The van der Waals surface area contributed by atoms with Crippen LogP contribution in [-0.4, -0.2) is 48.3 Å². The van der Waals surface area contributed by atoms with Crippen LogP contribution in [-0.2, 0) is 4.74 Å². The Morgan fingerprint density at radius 2 is 1.91 bits per heavy atom. The molecule has 1 aromatic carbocycles. The fraction of sp³-hybridized carbons (Fsp3) is 0.480. The third-order valence-electron chi connectivity index (χ3n) is 4.94. The van der Waals surface area contributed by atoms with Gasteiger partial charge in [-0.05, 0) is 69.5 Å². The number of hydrogen-bond acceptors (Lipinski definition) is 6. The maximum atomic E-state index is 12.5. The summed E-state index contributed by atoms with van der Waals surface area (Å²) in [5.74, 6) is 1.78. The Balaban J connectivity index is 0.00000408. The average molecular weight is 457 g/mol. The molecule has 1 unspecified atom stereocenters. The Hall–Kier alpha value is -3.29. The Labute approximate surface area is 197 Å². The van der Waals surface area contributed by atoms with Crippen molar-refractivity contribution in [2.24, 2.45) is 5.92 Å². The predicted octanol–water partition coefficient (Wildman–Crippen LogP) is 4.72. The summed E-state index contributed by atoms with van der Waals surface area (Å²) in [5.41, 5.74) is 0.645. The Morgan fingerprint density at radius 3 is 2.52 bits per heavy atom. The molecule has 1 aliphatic rings. The molecular formula is C25H36N4O4. The van der Waals surface area contributed by atoms with Crippen LogP contribution in [0.5, 0.6) is 5.75 Å². The Kier molecular flexibility index (Phi) is 7.79. The molecule has 0 saturated carbocycles. The van der Waals surface area contributed by atoms with E-state index in [1.807, 2.05) is 32.9 Å². The van der Waals surface area contributed by atoms with Crippen molar-refractivity contribution < 1.29 is 20.5 Å². The smallest absolute Gasteiger partial charge is 0.407 e. The molecule has 0 aliphatic carbocycles. The number of carbonyl (C=O) groups excluding carboxylic acids is 2. The zero-order chi connectivity index (χ0) is 24.0. The van der Waals surface area contributed by atoms with Gasteiger partial charge in [0, 0.05) is 20.1 Å². The van der Waals surface area contributed by atoms with E-state index in [1.165, 1.54) is 0 Å². The minimum absolute atomic E-state index is 0. The Bertz CT molecular complexity index is 943. The molecule has 2 aromatic rings. The normalized spacial score (nSPS) is 15.9. The first kappa shape index (κ1) is 24.4. The van der Waals surface area contributed by atoms with Crippen LogP contribution in [0.4, 0.5) is 16.3 Å². The molecule has 33 heavy (non-hydrogen) atoms. The summed E-state index contributed by atoms with van der Waals surface area (Å²) in [7, 11) is 0. The van der Waals surface area contributed by atoms with Crippen molar-refractivity contribution in [3.8, 4) is 5.75 Å². The minimum atomic E-state index is -0.520. The van der Waals surface area contributed by atoms with Crippen LogP contribution in [0.1, 0.15) is 52.8 Å². The van der Waals surface area contributed by atoms with Crippen LogP contribution in [0.2, 0.25) is 0 Å². The molecule has 0 radical (unpaired) electrons. The van der Waals surface area contributed by atoms with Crippen molar-refractivity contribution in [2.45, 2.75) is 52.7 Å². The summed E-state index contributed by atoms with van der Waals surface area (Å²) in [6.45, 7) is 11.8. The molecule has 1 saturated heterocycles. The lowest BCUT2D eigenvalue weighted by molar-refractivity contribution is 0.0509. The first-order valence-electron chi connectivity index (χ1n) is 11.3. The van der Waals surface area contributed by atoms with E-state index in [0.717, 1.165) is 24.5 Å². The van der Waals surface area contributed by atoms with Crippen LogP contribution >= 0.6 is 0 Å². The van der Waals surface area contributed by atoms with Crippen LogP contribution in [0.3, 0.4) is 0 Å². The monoisotopic (exact) mass is 456 g/mol. The number of carbonyl (C=O) groups is 2. The number of hydrogen-bond donors (Lipinski definition) is 2. The standard InChI is InChI=1S/C25H34N4O4.H2/c1-17(2)16-32-21-9-6-18(7-10-21)23(30)27-19-8-11-22(26-14-19)29-13-12-20(15-29)28-24(31)33-25(3,4)5;/h6-11,14,17,20H,12-13,15-16H2,1-5H3,(H,27,30)(H,28,31);1H. The lowest BCUT2D eigenvalue weighted by Crippen LogP contribution is -2.40. The second-order valence-corrected chi connectivity index (χ2v) is 9.67. The summed E-state index contributed by atoms with van der Waals surface area (Å²) >= 11 is 0. The number of nitrogens with one attached hydrogen (secondary N) is 2. The number of benzene rings is 1. The van der Waals surface area contributed by atoms with Crippen molar-refractivity contribution in [1.29, 1.82) is 0 Å². The first-order valence-corrected chi connectivity index (χ1v) is 11.3. The van der Waals surface area contributed by atoms with E-state index in [4.69, 9.17) is 9.47 Å². The molecule has 2 amide bonds. The summed E-state index contributed by atoms with van der Waals surface area (Å²) < 4.78 is 11.0. The van der Waals surface area contributed by atoms with Gasteiger partial charge in [-0.2, -0.15) is 0 Å². The number of alkyl carbamates (subject to hydrolysis) is 1. The van der Waals surface area contributed by atoms with Crippen LogP contribution in [0.25, 0.3) is 0 Å². The summed E-state index contributed by atoms with van der Waals surface area (Å²) in [6.07, 6.45) is 2.05. The van der Waals surface area contributed by atoms with E-state index in [9.17, 15) is 9.59 Å². The largest absolute Gasteiger partial charge is 0.493 e. The Morgan fingerprint density at radius 1 is 1.18 bits per heavy atom. The molecule has 1 fully saturated rings. The van der Waals surface area contributed by atoms with Gasteiger partial charge in [0.1, 0.15) is 17.2 Å². The zero-order valence-corrected chi connectivity index (χ0v) is 20.1. The summed E-state index contributed by atoms with van der Waals surface area (Å²) in [6, 6.07) is 10.8. The van der Waals surface area contributed by atoms with Crippen molar-refractivity contribution in [2.75, 3.05) is 29.9 Å². The van der Waals surface area contributed by atoms with Crippen LogP contribution in [0.15, 0.2) is 42.6 Å². The van der Waals surface area contributed by atoms with Gasteiger partial charge in [0.25, 0.3) is 5.91 Å². The topological polar surface area (TPSA) is 92.8 Å². The fourth-order valence-electron chi connectivity index (χ4n) is 3.38. The van der Waals surface area contributed by atoms with E-state index < -0.39 is 11.7 Å². The SMILES string of the molecule is CC(C)COc1ccc(C(=O)Nc2ccc(N3CCC(NC(=O)OC(C)(C)C)C3)nc2)cc1.[HH]. The number of anilines is 2. The van der Waals surface area contributed by atoms with Crippen LogP contribution in [0, 0.1) is 5.92 Å². The molecule has 0 spiro atoms. The highest BCUT2D eigenvalue weighted by Crippen LogP contribution is 2.21. The highest BCUT2D eigenvalue weighted by molar-refractivity contribution is 6.04. The average Bonchev–Trinajstić information content (AvgIpc) is 3.20. The number of amides is 2. The lowest BCUT2D eigenvalue weighted by Gasteiger charge is -2.22. The van der Waals surface area contributed by atoms with Gasteiger partial charge in [0.2, 0.25) is 0 Å². The molecule has 2 N–H and O–H groups in total. The number of ether oxygens (including phenoxy) is 2.